The molecule has 3 heterocycles. The van der Waals surface area contributed by atoms with E-state index in [1.165, 1.54) is 7.11 Å². The van der Waals surface area contributed by atoms with Crippen LogP contribution in [0.2, 0.25) is 25.7 Å². The molecule has 0 aromatic carbocycles. The van der Waals surface area contributed by atoms with Crippen molar-refractivity contribution in [3.63, 3.8) is 0 Å². The number of carbonyl (C=O) groups excluding carboxylic acids is 1. The van der Waals surface area contributed by atoms with Crippen LogP contribution in [0.1, 0.15) is 53.4 Å². The fraction of sp³-hybridized carbons (Fsp3) is 0.889. The van der Waals surface area contributed by atoms with Gasteiger partial charge < -0.3 is 37.3 Å². The van der Waals surface area contributed by atoms with Gasteiger partial charge in [0.1, 0.15) is 29.2 Å². The lowest BCUT2D eigenvalue weighted by atomic mass is 9.46. The highest BCUT2D eigenvalue weighted by atomic mass is 32.2. The average Bonchev–Trinajstić information content (AvgIpc) is 3.08. The summed E-state index contributed by atoms with van der Waals surface area (Å²) in [5.41, 5.74) is -10.7. The second-order valence-electron chi connectivity index (χ2n) is 13.9. The van der Waals surface area contributed by atoms with Gasteiger partial charge in [0.15, 0.2) is 0 Å². The van der Waals surface area contributed by atoms with E-state index < -0.39 is 81.4 Å². The monoisotopic (exact) mass is 660 g/mol. The van der Waals surface area contributed by atoms with E-state index in [0.717, 1.165) is 13.2 Å². The predicted molar refractivity (Wildman–Crippen MR) is 147 cm³/mol. The Hall–Kier alpha value is -1.43. The average molecular weight is 661 g/mol. The molecule has 0 aromatic heterocycles. The molecule has 248 valence electrons. The molecule has 2 saturated heterocycles. The van der Waals surface area contributed by atoms with Gasteiger partial charge in [0.05, 0.1) is 13.2 Å². The van der Waals surface area contributed by atoms with Crippen LogP contribution in [0, 0.1) is 11.3 Å². The van der Waals surface area contributed by atoms with Crippen LogP contribution >= 0.6 is 0 Å². The van der Waals surface area contributed by atoms with E-state index in [1.807, 2.05) is 20.8 Å². The molecule has 0 unspecified atom stereocenters. The number of alkyl halides is 3. The van der Waals surface area contributed by atoms with Gasteiger partial charge in [0.25, 0.3) is 5.97 Å². The number of halogens is 3. The Morgan fingerprint density at radius 3 is 2.28 bits per heavy atom. The molecular formula is C27H43F3O11SSi. The van der Waals surface area contributed by atoms with Crippen LogP contribution in [-0.2, 0) is 52.3 Å². The number of methoxy groups -OCH3 is 2. The highest BCUT2D eigenvalue weighted by Gasteiger charge is 2.81. The van der Waals surface area contributed by atoms with Crippen LogP contribution in [0.25, 0.3) is 0 Å². The first-order valence-corrected chi connectivity index (χ1v) is 19.3. The number of esters is 1. The number of hydrogen-bond acceptors (Lipinski definition) is 11. The zero-order chi connectivity index (χ0) is 32.5. The van der Waals surface area contributed by atoms with Crippen molar-refractivity contribution in [3.8, 4) is 0 Å². The summed E-state index contributed by atoms with van der Waals surface area (Å²) in [6.45, 7) is 14.3. The van der Waals surface area contributed by atoms with Crippen LogP contribution in [0.4, 0.5) is 13.2 Å². The molecule has 1 spiro atoms. The van der Waals surface area contributed by atoms with Gasteiger partial charge in [0.2, 0.25) is 0 Å². The Morgan fingerprint density at radius 1 is 1.07 bits per heavy atom. The number of rotatable bonds is 10. The van der Waals surface area contributed by atoms with Gasteiger partial charge in [-0.05, 0) is 39.7 Å². The summed E-state index contributed by atoms with van der Waals surface area (Å²) in [5, 5.41) is 0. The Kier molecular flexibility index (Phi) is 8.68. The molecule has 4 rings (SSSR count). The molecule has 11 nitrogen and oxygen atoms in total. The lowest BCUT2D eigenvalue weighted by Gasteiger charge is -2.66. The summed E-state index contributed by atoms with van der Waals surface area (Å²) in [6.07, 6.45) is -0.318. The maximum Gasteiger partial charge on any atom is 0.534 e. The molecule has 4 aliphatic rings. The highest BCUT2D eigenvalue weighted by molar-refractivity contribution is 7.87. The molecule has 1 aliphatic carbocycles. The molecule has 6 atom stereocenters. The molecular weight excluding hydrogens is 617 g/mol. The van der Waals surface area contributed by atoms with Crippen molar-refractivity contribution >= 4 is 24.2 Å². The van der Waals surface area contributed by atoms with Crippen molar-refractivity contribution in [2.75, 3.05) is 27.6 Å². The number of carbonyl (C=O) groups is 1. The van der Waals surface area contributed by atoms with Crippen molar-refractivity contribution < 1.29 is 63.7 Å². The van der Waals surface area contributed by atoms with Crippen LogP contribution in [0.3, 0.4) is 0 Å². The molecule has 16 heteroatoms. The van der Waals surface area contributed by atoms with Gasteiger partial charge in [-0.1, -0.05) is 26.6 Å². The van der Waals surface area contributed by atoms with Crippen molar-refractivity contribution in [2.24, 2.45) is 11.3 Å². The van der Waals surface area contributed by atoms with Gasteiger partial charge in [-0.15, -0.1) is 0 Å². The minimum Gasteiger partial charge on any atom is -0.465 e. The van der Waals surface area contributed by atoms with Crippen LogP contribution < -0.4 is 0 Å². The number of hydrogen-bond donors (Lipinski definition) is 0. The normalized spacial score (nSPS) is 37.3. The Labute approximate surface area is 251 Å². The SMILES string of the molecule is COC(=O)C1=C(OS(=O)(=O)C(F)(F)F)O[C@@]2(C)C[C@H](OCOCC[Si](C)(C)C)[C@]34O[C@](OC)(CC[C@]3(C)[C@H]2C1)OC4(C)C. The Morgan fingerprint density at radius 2 is 1.72 bits per heavy atom. The van der Waals surface area contributed by atoms with E-state index in [1.54, 1.807) is 6.92 Å². The summed E-state index contributed by atoms with van der Waals surface area (Å²) < 4.78 is 110. The molecule has 0 amide bonds. The van der Waals surface area contributed by atoms with Gasteiger partial charge >= 0.3 is 27.5 Å². The van der Waals surface area contributed by atoms with Gasteiger partial charge in [-0.3, -0.25) is 0 Å². The maximum atomic E-state index is 13.3. The summed E-state index contributed by atoms with van der Waals surface area (Å²) in [5.74, 6) is -4.13. The van der Waals surface area contributed by atoms with Crippen molar-refractivity contribution in [2.45, 2.75) is 113 Å². The van der Waals surface area contributed by atoms with Crippen LogP contribution in [0.5, 0.6) is 0 Å². The minimum absolute atomic E-state index is 0.00456. The molecule has 2 bridgehead atoms. The topological polar surface area (TPSA) is 125 Å². The van der Waals surface area contributed by atoms with E-state index in [2.05, 4.69) is 23.8 Å². The fourth-order valence-corrected chi connectivity index (χ4v) is 8.67. The first-order valence-electron chi connectivity index (χ1n) is 14.2. The van der Waals surface area contributed by atoms with E-state index in [9.17, 15) is 26.4 Å². The molecule has 1 saturated carbocycles. The third-order valence-corrected chi connectivity index (χ3v) is 12.2. The second kappa shape index (κ2) is 10.8. The minimum atomic E-state index is -6.16. The fourth-order valence-electron chi connectivity index (χ4n) is 7.49. The summed E-state index contributed by atoms with van der Waals surface area (Å²) >= 11 is 0. The van der Waals surface area contributed by atoms with Gasteiger partial charge in [-0.2, -0.15) is 21.6 Å². The van der Waals surface area contributed by atoms with E-state index in [-0.39, 0.29) is 19.6 Å². The van der Waals surface area contributed by atoms with E-state index in [0.29, 0.717) is 19.4 Å². The predicted octanol–water partition coefficient (Wildman–Crippen LogP) is 4.80. The summed E-state index contributed by atoms with van der Waals surface area (Å²) in [7, 11) is -5.04. The zero-order valence-electron chi connectivity index (χ0n) is 26.1. The third-order valence-electron chi connectivity index (χ3n) is 9.51. The van der Waals surface area contributed by atoms with E-state index >= 15 is 0 Å². The third kappa shape index (κ3) is 5.63. The van der Waals surface area contributed by atoms with Crippen molar-refractivity contribution in [1.82, 2.24) is 0 Å². The lowest BCUT2D eigenvalue weighted by Crippen LogP contribution is -2.76. The molecule has 0 N–H and O–H groups in total. The largest absolute Gasteiger partial charge is 0.534 e. The zero-order valence-corrected chi connectivity index (χ0v) is 28.0. The quantitative estimate of drug-likeness (QED) is 0.0802. The van der Waals surface area contributed by atoms with Crippen molar-refractivity contribution in [3.05, 3.63) is 11.5 Å². The lowest BCUT2D eigenvalue weighted by molar-refractivity contribution is -0.398. The first-order chi connectivity index (χ1) is 19.5. The molecule has 3 fully saturated rings. The Balaban J connectivity index is 1.79. The summed E-state index contributed by atoms with van der Waals surface area (Å²) in [6, 6.07) is 0.903. The Bertz CT molecular complexity index is 1250. The van der Waals surface area contributed by atoms with Gasteiger partial charge in [-0.25, -0.2) is 4.79 Å². The standard InChI is InChI=1S/C27H43F3O11SSi/c1-22(2)26-19(37-16-36-12-13-43(7,8)9)15-24(4)18(23(26,3)10-11-25(35-6,40-22)41-26)14-17(20(31)34-5)21(38-24)39-42(32,33)27(28,29)30/h18-19H,10-16H2,1-9H3/t18-,19+,23-,24+,25+,26-/m1/s1. The molecule has 43 heavy (non-hydrogen) atoms. The smallest absolute Gasteiger partial charge is 0.465 e. The highest BCUT2D eigenvalue weighted by Crippen LogP contribution is 2.71. The maximum absolute atomic E-state index is 13.3. The first kappa shape index (κ1) is 34.4. The number of fused-ring (bicyclic) bond motifs is 3. The molecule has 3 aliphatic heterocycles. The van der Waals surface area contributed by atoms with Crippen molar-refractivity contribution in [1.29, 1.82) is 0 Å². The summed E-state index contributed by atoms with van der Waals surface area (Å²) in [4.78, 5) is 12.8. The second-order valence-corrected chi connectivity index (χ2v) is 21.0. The number of ether oxygens (including phenoxy) is 7. The van der Waals surface area contributed by atoms with Gasteiger partial charge in [0, 0.05) is 46.0 Å². The van der Waals surface area contributed by atoms with E-state index in [4.69, 9.17) is 33.2 Å². The molecule has 0 radical (unpaired) electrons. The van der Waals surface area contributed by atoms with Crippen LogP contribution in [0.15, 0.2) is 11.5 Å². The molecule has 0 aromatic rings. The van der Waals surface area contributed by atoms with Crippen LogP contribution in [-0.4, -0.2) is 84.5 Å².